The van der Waals surface area contributed by atoms with E-state index in [1.165, 1.54) is 55.5 Å². The van der Waals surface area contributed by atoms with Gasteiger partial charge in [-0.3, -0.25) is 24.1 Å². The Balaban J connectivity index is 1.59. The lowest BCUT2D eigenvalue weighted by Crippen LogP contribution is -2.30. The molecule has 1 aliphatic rings. The number of amides is 4. The molecule has 9 heteroatoms. The van der Waals surface area contributed by atoms with Crippen LogP contribution >= 0.6 is 0 Å². The van der Waals surface area contributed by atoms with Gasteiger partial charge in [-0.25, -0.2) is 4.79 Å². The summed E-state index contributed by atoms with van der Waals surface area (Å²) in [6, 6.07) is 11.7. The third-order valence-electron chi connectivity index (χ3n) is 4.50. The number of nitrogens with one attached hydrogen (secondary N) is 1. The van der Waals surface area contributed by atoms with Crippen LogP contribution in [-0.2, 0) is 19.1 Å². The van der Waals surface area contributed by atoms with Crippen molar-refractivity contribution in [2.75, 3.05) is 10.2 Å². The highest BCUT2D eigenvalue weighted by Crippen LogP contribution is 2.23. The zero-order chi connectivity index (χ0) is 21.8. The van der Waals surface area contributed by atoms with E-state index in [0.29, 0.717) is 16.9 Å². The predicted molar refractivity (Wildman–Crippen MR) is 107 cm³/mol. The number of hydrogen-bond donors (Lipinski definition) is 2. The minimum absolute atomic E-state index is 0.167. The van der Waals surface area contributed by atoms with Gasteiger partial charge in [0.15, 0.2) is 6.10 Å². The monoisotopic (exact) mass is 409 g/mol. The standard InChI is InChI=1S/C21H19N3O6/c1-12(20(28)23-15-6-2-13(3-7-15)19(22)27)30-21(29)14-4-8-16(9-5-14)24-17(25)10-11-18(24)26/h2-9,12H,10-11H2,1H3,(H2,22,27)(H,23,28)/t12-/m1/s1. The van der Waals surface area contributed by atoms with Crippen molar-refractivity contribution in [3.63, 3.8) is 0 Å². The molecule has 2 aromatic rings. The van der Waals surface area contributed by atoms with Crippen LogP contribution in [0.4, 0.5) is 11.4 Å². The van der Waals surface area contributed by atoms with Gasteiger partial charge in [0.1, 0.15) is 0 Å². The maximum absolute atomic E-state index is 12.3. The number of carbonyl (C=O) groups is 5. The molecule has 2 aromatic carbocycles. The molecule has 0 unspecified atom stereocenters. The van der Waals surface area contributed by atoms with E-state index in [0.717, 1.165) is 4.90 Å². The summed E-state index contributed by atoms with van der Waals surface area (Å²) in [6.45, 7) is 1.42. The number of hydrogen-bond acceptors (Lipinski definition) is 6. The zero-order valence-corrected chi connectivity index (χ0v) is 16.1. The highest BCUT2D eigenvalue weighted by Gasteiger charge is 2.30. The molecule has 3 rings (SSSR count). The van der Waals surface area contributed by atoms with Gasteiger partial charge in [-0.15, -0.1) is 0 Å². The minimum Gasteiger partial charge on any atom is -0.449 e. The maximum Gasteiger partial charge on any atom is 0.338 e. The number of benzene rings is 2. The van der Waals surface area contributed by atoms with E-state index in [-0.39, 0.29) is 30.2 Å². The van der Waals surface area contributed by atoms with E-state index in [2.05, 4.69) is 5.32 Å². The second-order valence-electron chi connectivity index (χ2n) is 6.65. The van der Waals surface area contributed by atoms with E-state index >= 15 is 0 Å². The van der Waals surface area contributed by atoms with Crippen molar-refractivity contribution in [1.82, 2.24) is 0 Å². The van der Waals surface area contributed by atoms with Gasteiger partial charge in [0.05, 0.1) is 11.3 Å². The fourth-order valence-electron chi connectivity index (χ4n) is 2.85. The molecule has 0 radical (unpaired) electrons. The molecule has 0 bridgehead atoms. The largest absolute Gasteiger partial charge is 0.449 e. The van der Waals surface area contributed by atoms with Gasteiger partial charge >= 0.3 is 5.97 Å². The Hall–Kier alpha value is -4.01. The first-order chi connectivity index (χ1) is 14.3. The van der Waals surface area contributed by atoms with Crippen LogP contribution in [0.25, 0.3) is 0 Å². The van der Waals surface area contributed by atoms with Gasteiger partial charge in [-0.1, -0.05) is 0 Å². The third-order valence-corrected chi connectivity index (χ3v) is 4.50. The maximum atomic E-state index is 12.3. The van der Waals surface area contributed by atoms with E-state index in [9.17, 15) is 24.0 Å². The van der Waals surface area contributed by atoms with Crippen LogP contribution in [-0.4, -0.2) is 35.7 Å². The topological polar surface area (TPSA) is 136 Å². The summed E-state index contributed by atoms with van der Waals surface area (Å²) in [6.07, 6.45) is -0.754. The van der Waals surface area contributed by atoms with Gasteiger partial charge in [0.25, 0.3) is 5.91 Å². The van der Waals surface area contributed by atoms with Gasteiger partial charge in [0, 0.05) is 24.1 Å². The second-order valence-corrected chi connectivity index (χ2v) is 6.65. The molecule has 0 saturated carbocycles. The van der Waals surface area contributed by atoms with Crippen LogP contribution in [0.5, 0.6) is 0 Å². The summed E-state index contributed by atoms with van der Waals surface area (Å²) < 4.78 is 5.17. The quantitative estimate of drug-likeness (QED) is 0.550. The fourth-order valence-corrected chi connectivity index (χ4v) is 2.85. The molecule has 1 fully saturated rings. The molecule has 4 amide bonds. The molecule has 154 valence electrons. The second kappa shape index (κ2) is 8.56. The van der Waals surface area contributed by atoms with Crippen molar-refractivity contribution in [2.24, 2.45) is 5.73 Å². The number of rotatable bonds is 6. The molecule has 1 atom stereocenters. The Bertz CT molecular complexity index is 998. The first-order valence-electron chi connectivity index (χ1n) is 9.14. The minimum atomic E-state index is -1.09. The zero-order valence-electron chi connectivity index (χ0n) is 16.1. The molecule has 0 aliphatic carbocycles. The third kappa shape index (κ3) is 4.52. The summed E-state index contributed by atoms with van der Waals surface area (Å²) in [4.78, 5) is 60.2. The van der Waals surface area contributed by atoms with E-state index in [1.54, 1.807) is 0 Å². The molecule has 0 aromatic heterocycles. The van der Waals surface area contributed by atoms with Crippen molar-refractivity contribution in [3.8, 4) is 0 Å². The van der Waals surface area contributed by atoms with Crippen LogP contribution in [0.1, 0.15) is 40.5 Å². The molecule has 0 spiro atoms. The summed E-state index contributed by atoms with van der Waals surface area (Å²) >= 11 is 0. The van der Waals surface area contributed by atoms with E-state index < -0.39 is 23.9 Å². The number of anilines is 2. The van der Waals surface area contributed by atoms with Crippen LogP contribution in [0.15, 0.2) is 48.5 Å². The van der Waals surface area contributed by atoms with Crippen molar-refractivity contribution in [3.05, 3.63) is 59.7 Å². The number of carbonyl (C=O) groups excluding carboxylic acids is 5. The van der Waals surface area contributed by atoms with Crippen LogP contribution in [0.2, 0.25) is 0 Å². The number of esters is 1. The van der Waals surface area contributed by atoms with Gasteiger partial charge < -0.3 is 15.8 Å². The van der Waals surface area contributed by atoms with Crippen LogP contribution in [0.3, 0.4) is 0 Å². The SMILES string of the molecule is C[C@@H](OC(=O)c1ccc(N2C(=O)CCC2=O)cc1)C(=O)Nc1ccc(C(N)=O)cc1. The highest BCUT2D eigenvalue weighted by atomic mass is 16.5. The average Bonchev–Trinajstić information content (AvgIpc) is 3.06. The van der Waals surface area contributed by atoms with Crippen LogP contribution in [0, 0.1) is 0 Å². The highest BCUT2D eigenvalue weighted by molar-refractivity contribution is 6.19. The summed E-state index contributed by atoms with van der Waals surface area (Å²) in [7, 11) is 0. The molecule has 30 heavy (non-hydrogen) atoms. The van der Waals surface area contributed by atoms with E-state index in [4.69, 9.17) is 10.5 Å². The average molecular weight is 409 g/mol. The fraction of sp³-hybridized carbons (Fsp3) is 0.190. The number of primary amides is 1. The van der Waals surface area contributed by atoms with Crippen LogP contribution < -0.4 is 16.0 Å². The summed E-state index contributed by atoms with van der Waals surface area (Å²) in [5, 5.41) is 2.57. The van der Waals surface area contributed by atoms with Gasteiger partial charge in [-0.05, 0) is 55.5 Å². The molecule has 3 N–H and O–H groups in total. The number of imide groups is 1. The Labute approximate surface area is 171 Å². The smallest absolute Gasteiger partial charge is 0.338 e. The lowest BCUT2D eigenvalue weighted by molar-refractivity contribution is -0.124. The lowest BCUT2D eigenvalue weighted by atomic mass is 10.2. The van der Waals surface area contributed by atoms with Gasteiger partial charge in [-0.2, -0.15) is 0 Å². The first kappa shape index (κ1) is 20.7. The number of nitrogens with two attached hydrogens (primary N) is 1. The Morgan fingerprint density at radius 1 is 0.933 bits per heavy atom. The van der Waals surface area contributed by atoms with Crippen molar-refractivity contribution < 1.29 is 28.7 Å². The lowest BCUT2D eigenvalue weighted by Gasteiger charge is -2.15. The van der Waals surface area contributed by atoms with Gasteiger partial charge in [0.2, 0.25) is 17.7 Å². The number of nitrogens with zero attached hydrogens (tertiary/aromatic N) is 1. The summed E-state index contributed by atoms with van der Waals surface area (Å²) in [5.41, 5.74) is 6.42. The van der Waals surface area contributed by atoms with E-state index in [1.807, 2.05) is 0 Å². The summed E-state index contributed by atoms with van der Waals surface area (Å²) in [5.74, 6) is -2.44. The molecule has 1 heterocycles. The molecular formula is C21H19N3O6. The first-order valence-corrected chi connectivity index (χ1v) is 9.14. The molecule has 1 aliphatic heterocycles. The molecular weight excluding hydrogens is 390 g/mol. The predicted octanol–water partition coefficient (Wildman–Crippen LogP) is 1.62. The Morgan fingerprint density at radius 2 is 1.47 bits per heavy atom. The van der Waals surface area contributed by atoms with Crippen molar-refractivity contribution in [2.45, 2.75) is 25.9 Å². The molecule has 9 nitrogen and oxygen atoms in total. The molecule has 1 saturated heterocycles. The van der Waals surface area contributed by atoms with Crippen molar-refractivity contribution >= 4 is 41.0 Å². The normalized spacial score (nSPS) is 14.4. The number of ether oxygens (including phenoxy) is 1. The van der Waals surface area contributed by atoms with Crippen molar-refractivity contribution in [1.29, 1.82) is 0 Å². The Kier molecular flexibility index (Phi) is 5.91. The Morgan fingerprint density at radius 3 is 2.00 bits per heavy atom.